The Morgan fingerprint density at radius 1 is 0.361 bits per heavy atom. The molecule has 133 heavy (non-hydrogen) atoms. The molecule has 3 unspecified atom stereocenters. The van der Waals surface area contributed by atoms with Gasteiger partial charge in [0, 0.05) is 127 Å². The maximum absolute atomic E-state index is 10.0. The van der Waals surface area contributed by atoms with Crippen molar-refractivity contribution in [2.75, 3.05) is 0 Å². The van der Waals surface area contributed by atoms with Crippen molar-refractivity contribution >= 4 is 49.4 Å². The quantitative estimate of drug-likeness (QED) is 0.0204. The molecule has 16 heteroatoms. The molecule has 0 amide bonds. The van der Waals surface area contributed by atoms with Gasteiger partial charge >= 0.3 is 0 Å². The molecule has 7 N–H and O–H groups in total. The van der Waals surface area contributed by atoms with Crippen molar-refractivity contribution in [3.8, 4) is 45.0 Å². The van der Waals surface area contributed by atoms with Crippen LogP contribution in [0.4, 0.5) is 0 Å². The maximum atomic E-state index is 10.0. The van der Waals surface area contributed by atoms with Gasteiger partial charge in [0.15, 0.2) is 5.78 Å². The number of carbonyl (C=O) groups is 1. The molecule has 0 bridgehead atoms. The maximum Gasteiger partial charge on any atom is 0.155 e. The zero-order valence-corrected chi connectivity index (χ0v) is 94.5. The third-order valence-electron chi connectivity index (χ3n) is 20.9. The Morgan fingerprint density at radius 3 is 0.850 bits per heavy atom. The number of hydrogen-bond acceptors (Lipinski definition) is 12. The summed E-state index contributed by atoms with van der Waals surface area (Å²) in [7, 11) is 0. The fraction of sp³-hybridized carbons (Fsp3) is 0.410. The van der Waals surface area contributed by atoms with Crippen LogP contribution in [0.25, 0.3) is 88.6 Å². The minimum absolute atomic E-state index is 0. The molecular formula is C117H152Ir4N4O8-4. The summed E-state index contributed by atoms with van der Waals surface area (Å²) in [5, 5.41) is 69.7. The zero-order valence-electron chi connectivity index (χ0n) is 84.9. The molecule has 0 saturated heterocycles. The van der Waals surface area contributed by atoms with Crippen LogP contribution >= 0.6 is 0 Å². The molecule has 0 aliphatic carbocycles. The van der Waals surface area contributed by atoms with Gasteiger partial charge in [0.1, 0.15) is 0 Å². The normalized spacial score (nSPS) is 12.3. The van der Waals surface area contributed by atoms with Gasteiger partial charge in [-0.1, -0.05) is 298 Å². The van der Waals surface area contributed by atoms with Crippen molar-refractivity contribution < 1.29 is 121 Å². The van der Waals surface area contributed by atoms with Crippen LogP contribution in [0.1, 0.15) is 269 Å². The molecule has 12 nitrogen and oxygen atoms in total. The molecule has 728 valence electrons. The third-order valence-corrected chi connectivity index (χ3v) is 20.9. The Bertz CT molecular complexity index is 5280. The summed E-state index contributed by atoms with van der Waals surface area (Å²) in [6.07, 6.45) is 6.97. The molecule has 4 radical (unpaired) electrons. The van der Waals surface area contributed by atoms with E-state index < -0.39 is 18.3 Å². The summed E-state index contributed by atoms with van der Waals surface area (Å²) in [6, 6.07) is 73.5. The molecule has 12 aromatic rings. The summed E-state index contributed by atoms with van der Waals surface area (Å²) in [5.74, 6) is 4.39. The van der Waals surface area contributed by atoms with Crippen LogP contribution < -0.4 is 0 Å². The van der Waals surface area contributed by atoms with Gasteiger partial charge in [-0.2, -0.15) is 0 Å². The summed E-state index contributed by atoms with van der Waals surface area (Å²) < 4.78 is 0. The number of hydrogen-bond donors (Lipinski definition) is 7. The average Bonchev–Trinajstić information content (AvgIpc) is 0.794. The van der Waals surface area contributed by atoms with Gasteiger partial charge in [-0.3, -0.25) is 24.7 Å². The molecule has 4 aromatic heterocycles. The van der Waals surface area contributed by atoms with E-state index in [-0.39, 0.29) is 115 Å². The van der Waals surface area contributed by atoms with Gasteiger partial charge < -0.3 is 35.7 Å². The van der Waals surface area contributed by atoms with E-state index in [1.807, 2.05) is 55.4 Å². The minimum atomic E-state index is -0.530. The van der Waals surface area contributed by atoms with Crippen LogP contribution in [-0.2, 0) is 90.6 Å². The first-order valence-electron chi connectivity index (χ1n) is 46.1. The van der Waals surface area contributed by atoms with Crippen LogP contribution in [-0.4, -0.2) is 79.8 Å². The summed E-state index contributed by atoms with van der Waals surface area (Å²) in [5.41, 5.74) is 27.7. The Morgan fingerprint density at radius 2 is 0.632 bits per heavy atom. The van der Waals surface area contributed by atoms with E-state index in [1.54, 1.807) is 12.2 Å². The van der Waals surface area contributed by atoms with Crippen molar-refractivity contribution in [3.63, 3.8) is 0 Å². The number of aryl methyl sites for hydroxylation is 8. The monoisotopic (exact) mass is 2510 g/mol. The van der Waals surface area contributed by atoms with E-state index >= 15 is 0 Å². The van der Waals surface area contributed by atoms with E-state index in [9.17, 15) is 35.4 Å². The first-order valence-corrected chi connectivity index (χ1v) is 46.1. The average molecular weight is 2510 g/mol. The number of allylic oxidation sites excluding steroid dienone is 5. The fourth-order valence-electron chi connectivity index (χ4n) is 15.0. The largest absolute Gasteiger partial charge is 0.513 e. The van der Waals surface area contributed by atoms with Gasteiger partial charge in [0.2, 0.25) is 0 Å². The molecule has 3 atom stereocenters. The number of rotatable bonds is 21. The molecule has 4 heterocycles. The molecule has 0 aliphatic rings. The van der Waals surface area contributed by atoms with Crippen molar-refractivity contribution in [1.82, 2.24) is 19.9 Å². The second-order valence-electron chi connectivity index (χ2n) is 38.9. The van der Waals surface area contributed by atoms with Crippen LogP contribution in [0.2, 0.25) is 0 Å². The topological polar surface area (TPSA) is 210 Å². The number of aliphatic hydroxyl groups excluding tert-OH is 7. The SMILES string of the molecule is CC(=O)C=C(C)O.CC(C)C(O)=CC(O)C(C)C.CC(C)CC(O)=CC(O)CC(C)C.CC(C)CC(O)=CC(O)CC(C)C.Cc1[c-]c(-c2ccc3c(C(C)(C)C)cccc3n2)cc(C)c1.Cc1[c-]c(-c2ccc3c(C(C)C)cccc3n2)cc(C)c1.Cc1[c-]c(-c2ccc3c(C(C)C)cccc3n2)cc(C)c1.Cc1[c-]c(-c2ccc3c(C(C)C)cccc3n2)cc(C)c1.[Ir].[Ir].[Ir].[Ir]. The van der Waals surface area contributed by atoms with E-state index in [4.69, 9.17) is 25.0 Å². The molecule has 0 aliphatic heterocycles. The fourth-order valence-corrected chi connectivity index (χ4v) is 15.0. The van der Waals surface area contributed by atoms with Gasteiger partial charge in [0.05, 0.1) is 63.4 Å². The third kappa shape index (κ3) is 43.3. The Labute approximate surface area is 853 Å². The van der Waals surface area contributed by atoms with Gasteiger partial charge in [-0.15, -0.1) is 140 Å². The van der Waals surface area contributed by atoms with Crippen molar-refractivity contribution in [2.24, 2.45) is 35.5 Å². The molecule has 8 aromatic carbocycles. The Kier molecular flexibility index (Phi) is 55.0. The van der Waals surface area contributed by atoms with E-state index in [2.05, 4.69) is 340 Å². The number of fused-ring (bicyclic) bond motifs is 4. The summed E-state index contributed by atoms with van der Waals surface area (Å²) in [4.78, 5) is 29.4. The molecule has 0 saturated carbocycles. The van der Waals surface area contributed by atoms with Gasteiger partial charge in [-0.25, -0.2) is 0 Å². The van der Waals surface area contributed by atoms with E-state index in [0.29, 0.717) is 78.6 Å². The number of aliphatic hydroxyl groups is 7. The van der Waals surface area contributed by atoms with Gasteiger partial charge in [-0.05, 0) is 167 Å². The van der Waals surface area contributed by atoms with Gasteiger partial charge in [0.25, 0.3) is 0 Å². The number of nitrogens with zero attached hydrogens (tertiary/aromatic N) is 4. The Hall–Kier alpha value is -8.29. The van der Waals surface area contributed by atoms with Crippen molar-refractivity contribution in [3.05, 3.63) is 308 Å². The second-order valence-corrected chi connectivity index (χ2v) is 38.9. The second kappa shape index (κ2) is 59.7. The summed E-state index contributed by atoms with van der Waals surface area (Å²) in [6.45, 7) is 63.6. The number of ketones is 1. The first kappa shape index (κ1) is 123. The minimum Gasteiger partial charge on any atom is -0.513 e. The predicted molar refractivity (Wildman–Crippen MR) is 548 cm³/mol. The predicted octanol–water partition coefficient (Wildman–Crippen LogP) is 30.8. The smallest absolute Gasteiger partial charge is 0.155 e. The standard InChI is InChI=1S/C21H22N.3C20H20N.2C11H22O2.C9H18O2.C5H8O2.4Ir/c1-14-11-15(2)13-16(12-14)19-10-9-17-18(21(3,4)5)7-6-8-20(17)22-19;3*1-13(2)17-6-5-7-20-18(17)8-9-19(21-20)16-11-14(3)10-15(4)12-16;2*1-8(2)5-10(12)7-11(13)6-9(3)4;1-6(2)8(10)5-9(11)7(3)4;1-4(6)3-5(2)7;;;;/h6-12H,1-5H3;3*5-11,13H,1-4H3;2*7-10,12-13H,5-6H2,1-4H3;5-8,10-11H,1-4H3;3,6H,1-2H3;;;;/q4*-1;;;;;;;;. The number of aromatic nitrogens is 4. The van der Waals surface area contributed by atoms with Crippen LogP contribution in [0.5, 0.6) is 0 Å². The Balaban J connectivity index is 0.000000773. The number of carbonyl (C=O) groups excluding carboxylic acids is 1. The van der Waals surface area contributed by atoms with E-state index in [0.717, 1.165) is 89.4 Å². The van der Waals surface area contributed by atoms with Crippen LogP contribution in [0.3, 0.4) is 0 Å². The van der Waals surface area contributed by atoms with E-state index in [1.165, 1.54) is 92.1 Å². The van der Waals surface area contributed by atoms with Crippen LogP contribution in [0.15, 0.2) is 217 Å². The molecule has 0 spiro atoms. The number of benzene rings is 8. The van der Waals surface area contributed by atoms with Crippen LogP contribution in [0, 0.1) is 115 Å². The number of pyridine rings is 4. The summed E-state index contributed by atoms with van der Waals surface area (Å²) >= 11 is 0. The zero-order chi connectivity index (χ0) is 96.6. The molecule has 0 fully saturated rings. The molecular weight excluding hydrogens is 2360 g/mol. The van der Waals surface area contributed by atoms with Crippen molar-refractivity contribution in [1.29, 1.82) is 0 Å². The first-order chi connectivity index (χ1) is 60.4. The molecule has 12 rings (SSSR count). The van der Waals surface area contributed by atoms with Crippen molar-refractivity contribution in [2.45, 2.75) is 282 Å².